The lowest BCUT2D eigenvalue weighted by Crippen LogP contribution is -2.16. The second-order valence-electron chi connectivity index (χ2n) is 3.18. The summed E-state index contributed by atoms with van der Waals surface area (Å²) in [6.07, 6.45) is 0. The number of hydrogen-bond acceptors (Lipinski definition) is 4. The summed E-state index contributed by atoms with van der Waals surface area (Å²) in [6.45, 7) is 0.311. The van der Waals surface area contributed by atoms with E-state index in [2.05, 4.69) is 17.9 Å². The molecule has 0 saturated carbocycles. The summed E-state index contributed by atoms with van der Waals surface area (Å²) in [5.41, 5.74) is 0.785. The zero-order chi connectivity index (χ0) is 12.8. The minimum atomic E-state index is -0.401. The fourth-order valence-corrected chi connectivity index (χ4v) is 1.48. The smallest absolute Gasteiger partial charge is 0.276 e. The first-order valence-electron chi connectivity index (χ1n) is 4.88. The molecule has 0 aliphatic rings. The van der Waals surface area contributed by atoms with Gasteiger partial charge in [0.25, 0.3) is 5.24 Å². The molecule has 0 aliphatic heterocycles. The van der Waals surface area contributed by atoms with E-state index < -0.39 is 5.24 Å². The monoisotopic (exact) mass is 257 g/mol. The van der Waals surface area contributed by atoms with E-state index in [4.69, 9.17) is 14.2 Å². The highest BCUT2D eigenvalue weighted by Gasteiger charge is 2.11. The molecule has 5 nitrogen and oxygen atoms in total. The summed E-state index contributed by atoms with van der Waals surface area (Å²) in [6, 6.07) is 3.46. The van der Waals surface area contributed by atoms with Crippen LogP contribution in [0.25, 0.3) is 0 Å². The van der Waals surface area contributed by atoms with Crippen molar-refractivity contribution < 1.29 is 19.0 Å². The van der Waals surface area contributed by atoms with Gasteiger partial charge in [-0.05, 0) is 6.07 Å². The molecule has 0 saturated heterocycles. The summed E-state index contributed by atoms with van der Waals surface area (Å²) in [7, 11) is 4.64. The molecule has 17 heavy (non-hydrogen) atoms. The van der Waals surface area contributed by atoms with Crippen molar-refractivity contribution >= 4 is 17.9 Å². The Morgan fingerprint density at radius 2 is 1.65 bits per heavy atom. The first kappa shape index (κ1) is 13.5. The zero-order valence-corrected chi connectivity index (χ0v) is 10.8. The second kappa shape index (κ2) is 6.24. The van der Waals surface area contributed by atoms with Gasteiger partial charge < -0.3 is 19.5 Å². The highest BCUT2D eigenvalue weighted by Crippen LogP contribution is 2.34. The van der Waals surface area contributed by atoms with E-state index in [0.717, 1.165) is 5.56 Å². The Labute approximate surface area is 105 Å². The Kier molecular flexibility index (Phi) is 4.96. The molecule has 94 valence electrons. The first-order chi connectivity index (χ1) is 8.12. The van der Waals surface area contributed by atoms with Crippen molar-refractivity contribution in [2.45, 2.75) is 6.54 Å². The molecule has 0 radical (unpaired) electrons. The lowest BCUT2D eigenvalue weighted by molar-refractivity contribution is 0.260. The number of methoxy groups -OCH3 is 3. The van der Waals surface area contributed by atoms with Crippen molar-refractivity contribution in [1.82, 2.24) is 5.32 Å². The summed E-state index contributed by atoms with van der Waals surface area (Å²) in [5.74, 6) is 1.77. The third-order valence-corrected chi connectivity index (χ3v) is 2.37. The number of hydrogen-bond donors (Lipinski definition) is 2. The maximum Gasteiger partial charge on any atom is 0.276 e. The molecule has 1 aromatic rings. The topological polar surface area (TPSA) is 56.8 Å². The number of benzene rings is 1. The van der Waals surface area contributed by atoms with Crippen LogP contribution in [0.2, 0.25) is 0 Å². The maximum absolute atomic E-state index is 10.8. The van der Waals surface area contributed by atoms with Gasteiger partial charge in [-0.3, -0.25) is 4.79 Å². The van der Waals surface area contributed by atoms with E-state index >= 15 is 0 Å². The Hall–Kier alpha value is -1.56. The molecule has 1 amide bonds. The molecule has 0 unspecified atom stereocenters. The minimum absolute atomic E-state index is 0.311. The number of amides is 1. The molecule has 1 N–H and O–H groups in total. The summed E-state index contributed by atoms with van der Waals surface area (Å²) >= 11 is 3.63. The fourth-order valence-electron chi connectivity index (χ4n) is 1.40. The van der Waals surface area contributed by atoms with Gasteiger partial charge in [-0.25, -0.2) is 0 Å². The number of carbonyl (C=O) groups is 1. The summed E-state index contributed by atoms with van der Waals surface area (Å²) in [4.78, 5) is 10.8. The molecule has 0 bridgehead atoms. The molecule has 1 rings (SSSR count). The average molecular weight is 257 g/mol. The molecule has 0 heterocycles. The molecule has 0 aliphatic carbocycles. The summed E-state index contributed by atoms with van der Waals surface area (Å²) in [5, 5.41) is 2.17. The standard InChI is InChI=1S/C11H15NO4S/c1-14-8-5-10(16-3)9(15-2)4-7(8)6-12-11(13)17/h4-5H,6H2,1-3H3,(H2,12,13,17). The Balaban J connectivity index is 3.05. The lowest BCUT2D eigenvalue weighted by atomic mass is 10.1. The summed E-state index contributed by atoms with van der Waals surface area (Å²) < 4.78 is 15.5. The predicted octanol–water partition coefficient (Wildman–Crippen LogP) is 1.85. The third-order valence-electron chi connectivity index (χ3n) is 2.22. The number of rotatable bonds is 5. The normalized spacial score (nSPS) is 9.65. The molecule has 0 spiro atoms. The van der Waals surface area contributed by atoms with E-state index in [9.17, 15) is 4.79 Å². The number of nitrogens with one attached hydrogen (secondary N) is 1. The molecule has 6 heteroatoms. The van der Waals surface area contributed by atoms with E-state index in [1.165, 1.54) is 0 Å². The van der Waals surface area contributed by atoms with Crippen LogP contribution < -0.4 is 19.5 Å². The second-order valence-corrected chi connectivity index (χ2v) is 3.58. The largest absolute Gasteiger partial charge is 0.496 e. The van der Waals surface area contributed by atoms with Crippen LogP contribution >= 0.6 is 12.6 Å². The molecule has 1 aromatic carbocycles. The van der Waals surface area contributed by atoms with Crippen molar-refractivity contribution in [1.29, 1.82) is 0 Å². The molecule has 0 atom stereocenters. The van der Waals surface area contributed by atoms with E-state index in [0.29, 0.717) is 23.8 Å². The molecular formula is C11H15NO4S. The van der Waals surface area contributed by atoms with Gasteiger partial charge in [-0.2, -0.15) is 0 Å². The molecule has 0 aromatic heterocycles. The molecular weight excluding hydrogens is 242 g/mol. The van der Waals surface area contributed by atoms with Crippen molar-refractivity contribution in [3.05, 3.63) is 17.7 Å². The van der Waals surface area contributed by atoms with Crippen LogP contribution in [0.3, 0.4) is 0 Å². The van der Waals surface area contributed by atoms with Crippen LogP contribution in [0.4, 0.5) is 4.79 Å². The van der Waals surface area contributed by atoms with Gasteiger partial charge >= 0.3 is 0 Å². The molecule has 0 fully saturated rings. The van der Waals surface area contributed by atoms with Crippen LogP contribution in [0.5, 0.6) is 17.2 Å². The average Bonchev–Trinajstić information content (AvgIpc) is 2.34. The van der Waals surface area contributed by atoms with E-state index in [-0.39, 0.29) is 0 Å². The van der Waals surface area contributed by atoms with Crippen LogP contribution in [0.15, 0.2) is 12.1 Å². The van der Waals surface area contributed by atoms with Crippen molar-refractivity contribution in [2.75, 3.05) is 21.3 Å². The van der Waals surface area contributed by atoms with Crippen molar-refractivity contribution in [2.24, 2.45) is 0 Å². The third kappa shape index (κ3) is 3.45. The zero-order valence-electron chi connectivity index (χ0n) is 9.94. The van der Waals surface area contributed by atoms with Gasteiger partial charge in [0.15, 0.2) is 11.5 Å². The van der Waals surface area contributed by atoms with E-state index in [1.54, 1.807) is 33.5 Å². The Morgan fingerprint density at radius 1 is 1.12 bits per heavy atom. The van der Waals surface area contributed by atoms with Crippen LogP contribution in [0, 0.1) is 0 Å². The van der Waals surface area contributed by atoms with Gasteiger partial charge in [-0.1, -0.05) is 12.6 Å². The van der Waals surface area contributed by atoms with Gasteiger partial charge in [0.1, 0.15) is 5.75 Å². The highest BCUT2D eigenvalue weighted by atomic mass is 32.1. The highest BCUT2D eigenvalue weighted by molar-refractivity contribution is 7.96. The first-order valence-corrected chi connectivity index (χ1v) is 5.32. The van der Waals surface area contributed by atoms with Crippen molar-refractivity contribution in [3.63, 3.8) is 0 Å². The maximum atomic E-state index is 10.8. The van der Waals surface area contributed by atoms with Gasteiger partial charge in [-0.15, -0.1) is 0 Å². The van der Waals surface area contributed by atoms with Gasteiger partial charge in [0.05, 0.1) is 21.3 Å². The lowest BCUT2D eigenvalue weighted by Gasteiger charge is -2.14. The Morgan fingerprint density at radius 3 is 2.12 bits per heavy atom. The SMILES string of the molecule is COc1cc(OC)c(OC)cc1CNC(=O)S. The quantitative estimate of drug-likeness (QED) is 0.790. The number of carbonyl (C=O) groups excluding carboxylic acids is 1. The van der Waals surface area contributed by atoms with Gasteiger partial charge in [0.2, 0.25) is 0 Å². The fraction of sp³-hybridized carbons (Fsp3) is 0.364. The number of ether oxygens (including phenoxy) is 3. The van der Waals surface area contributed by atoms with Crippen LogP contribution in [-0.4, -0.2) is 26.6 Å². The minimum Gasteiger partial charge on any atom is -0.496 e. The van der Waals surface area contributed by atoms with E-state index in [1.807, 2.05) is 0 Å². The van der Waals surface area contributed by atoms with Crippen LogP contribution in [0.1, 0.15) is 5.56 Å². The predicted molar refractivity (Wildman–Crippen MR) is 67.3 cm³/mol. The van der Waals surface area contributed by atoms with Crippen LogP contribution in [-0.2, 0) is 6.54 Å². The Bertz CT molecular complexity index is 409. The van der Waals surface area contributed by atoms with Gasteiger partial charge in [0, 0.05) is 18.2 Å². The van der Waals surface area contributed by atoms with Crippen molar-refractivity contribution in [3.8, 4) is 17.2 Å². The number of thiol groups is 1.